The molecule has 1 aliphatic rings. The van der Waals surface area contributed by atoms with Crippen LogP contribution in [0.4, 0.5) is 0 Å². The van der Waals surface area contributed by atoms with Crippen LogP contribution in [-0.2, 0) is 0 Å². The Morgan fingerprint density at radius 3 is 2.09 bits per heavy atom. The summed E-state index contributed by atoms with van der Waals surface area (Å²) in [4.78, 5) is 2.50. The summed E-state index contributed by atoms with van der Waals surface area (Å²) >= 11 is 4.39. The Labute approximate surface area is 75.6 Å². The molecule has 0 spiro atoms. The second-order valence-corrected chi connectivity index (χ2v) is 3.94. The molecule has 0 aromatic rings. The van der Waals surface area contributed by atoms with Crippen molar-refractivity contribution in [3.05, 3.63) is 0 Å². The molecule has 1 saturated carbocycles. The largest absolute Gasteiger partial charge is 0.303 e. The van der Waals surface area contributed by atoms with Gasteiger partial charge in [-0.05, 0) is 37.1 Å². The van der Waals surface area contributed by atoms with Gasteiger partial charge in [-0.15, -0.1) is 0 Å². The highest BCUT2D eigenvalue weighted by Gasteiger charge is 2.41. The minimum atomic E-state index is 0.606. The Balaban J connectivity index is 2.27. The molecule has 0 atom stereocenters. The maximum absolute atomic E-state index is 4.39. The zero-order valence-electron chi connectivity index (χ0n) is 7.64. The van der Waals surface area contributed by atoms with Gasteiger partial charge in [-0.1, -0.05) is 13.8 Å². The molecule has 0 aliphatic heterocycles. The van der Waals surface area contributed by atoms with Crippen LogP contribution in [0.1, 0.15) is 26.7 Å². The van der Waals surface area contributed by atoms with Crippen LogP contribution >= 0.6 is 12.6 Å². The SMILES string of the molecule is CCN(CC)CC1(CS)CC1. The average molecular weight is 173 g/mol. The predicted molar refractivity (Wildman–Crippen MR) is 53.3 cm³/mol. The van der Waals surface area contributed by atoms with Crippen molar-refractivity contribution < 1.29 is 0 Å². The van der Waals surface area contributed by atoms with Crippen LogP contribution in [0.15, 0.2) is 0 Å². The summed E-state index contributed by atoms with van der Waals surface area (Å²) in [6.07, 6.45) is 2.79. The molecule has 0 unspecified atom stereocenters. The summed E-state index contributed by atoms with van der Waals surface area (Å²) in [7, 11) is 0. The number of thiol groups is 1. The topological polar surface area (TPSA) is 3.24 Å². The Morgan fingerprint density at radius 1 is 1.27 bits per heavy atom. The Morgan fingerprint density at radius 2 is 1.82 bits per heavy atom. The molecular formula is C9H19NS. The van der Waals surface area contributed by atoms with E-state index in [1.807, 2.05) is 0 Å². The van der Waals surface area contributed by atoms with Gasteiger partial charge in [0.25, 0.3) is 0 Å². The molecule has 0 aromatic heterocycles. The van der Waals surface area contributed by atoms with E-state index in [0.717, 1.165) is 5.75 Å². The van der Waals surface area contributed by atoms with Gasteiger partial charge in [0.15, 0.2) is 0 Å². The van der Waals surface area contributed by atoms with Gasteiger partial charge in [-0.3, -0.25) is 0 Å². The monoisotopic (exact) mass is 173 g/mol. The molecule has 1 fully saturated rings. The first-order valence-corrected chi connectivity index (χ1v) is 5.23. The van der Waals surface area contributed by atoms with Gasteiger partial charge in [0, 0.05) is 6.54 Å². The van der Waals surface area contributed by atoms with Crippen LogP contribution in [-0.4, -0.2) is 30.3 Å². The van der Waals surface area contributed by atoms with E-state index in [0.29, 0.717) is 5.41 Å². The first-order chi connectivity index (χ1) is 5.26. The number of nitrogens with zero attached hydrogens (tertiary/aromatic N) is 1. The lowest BCUT2D eigenvalue weighted by Gasteiger charge is -2.23. The normalized spacial score (nSPS) is 20.7. The quantitative estimate of drug-likeness (QED) is 0.623. The second-order valence-electron chi connectivity index (χ2n) is 3.62. The molecule has 0 heterocycles. The molecule has 2 heteroatoms. The van der Waals surface area contributed by atoms with E-state index in [9.17, 15) is 0 Å². The van der Waals surface area contributed by atoms with Crippen LogP contribution < -0.4 is 0 Å². The zero-order valence-corrected chi connectivity index (χ0v) is 8.53. The maximum Gasteiger partial charge on any atom is 0.00456 e. The fraction of sp³-hybridized carbons (Fsp3) is 1.00. The lowest BCUT2D eigenvalue weighted by molar-refractivity contribution is 0.253. The van der Waals surface area contributed by atoms with E-state index in [-0.39, 0.29) is 0 Å². The highest BCUT2D eigenvalue weighted by Crippen LogP contribution is 2.46. The third-order valence-corrected chi connectivity index (χ3v) is 3.42. The summed E-state index contributed by atoms with van der Waals surface area (Å²) in [5.74, 6) is 1.07. The number of rotatable bonds is 5. The van der Waals surface area contributed by atoms with Crippen LogP contribution in [0.3, 0.4) is 0 Å². The molecule has 0 radical (unpaired) electrons. The zero-order chi connectivity index (χ0) is 8.32. The van der Waals surface area contributed by atoms with Crippen molar-refractivity contribution in [2.75, 3.05) is 25.4 Å². The summed E-state index contributed by atoms with van der Waals surface area (Å²) < 4.78 is 0. The molecule has 1 nitrogen and oxygen atoms in total. The van der Waals surface area contributed by atoms with Gasteiger partial charge in [-0.25, -0.2) is 0 Å². The Hall–Kier alpha value is 0.310. The summed E-state index contributed by atoms with van der Waals surface area (Å²) in [5, 5.41) is 0. The van der Waals surface area contributed by atoms with E-state index < -0.39 is 0 Å². The van der Waals surface area contributed by atoms with E-state index in [4.69, 9.17) is 0 Å². The lowest BCUT2D eigenvalue weighted by Crippen LogP contribution is -2.30. The lowest BCUT2D eigenvalue weighted by atomic mass is 10.1. The van der Waals surface area contributed by atoms with Gasteiger partial charge in [0.1, 0.15) is 0 Å². The van der Waals surface area contributed by atoms with Gasteiger partial charge in [-0.2, -0.15) is 12.6 Å². The first-order valence-electron chi connectivity index (χ1n) is 4.59. The average Bonchev–Trinajstić information content (AvgIpc) is 2.81. The summed E-state index contributed by atoms with van der Waals surface area (Å²) in [6, 6.07) is 0. The predicted octanol–water partition coefficient (Wildman–Crippen LogP) is 2.04. The minimum absolute atomic E-state index is 0.606. The van der Waals surface area contributed by atoms with Crippen LogP contribution in [0, 0.1) is 5.41 Å². The smallest absolute Gasteiger partial charge is 0.00456 e. The molecule has 66 valence electrons. The van der Waals surface area contributed by atoms with Crippen LogP contribution in [0.25, 0.3) is 0 Å². The Kier molecular flexibility index (Phi) is 3.26. The van der Waals surface area contributed by atoms with E-state index in [1.165, 1.54) is 32.5 Å². The van der Waals surface area contributed by atoms with E-state index >= 15 is 0 Å². The molecule has 1 rings (SSSR count). The first kappa shape index (κ1) is 9.40. The third kappa shape index (κ3) is 2.38. The van der Waals surface area contributed by atoms with Crippen molar-refractivity contribution in [1.29, 1.82) is 0 Å². The van der Waals surface area contributed by atoms with Gasteiger partial charge in [0.05, 0.1) is 0 Å². The molecular weight excluding hydrogens is 154 g/mol. The van der Waals surface area contributed by atoms with Gasteiger partial charge < -0.3 is 4.90 Å². The van der Waals surface area contributed by atoms with Gasteiger partial charge >= 0.3 is 0 Å². The standard InChI is InChI=1S/C9H19NS/c1-3-10(4-2)7-9(8-11)5-6-9/h11H,3-8H2,1-2H3. The molecule has 0 bridgehead atoms. The van der Waals surface area contributed by atoms with Crippen LogP contribution in [0.5, 0.6) is 0 Å². The van der Waals surface area contributed by atoms with Crippen molar-refractivity contribution in [3.63, 3.8) is 0 Å². The van der Waals surface area contributed by atoms with Crippen molar-refractivity contribution in [2.24, 2.45) is 5.41 Å². The maximum atomic E-state index is 4.39. The molecule has 0 saturated heterocycles. The molecule has 11 heavy (non-hydrogen) atoms. The molecule has 1 aliphatic carbocycles. The third-order valence-electron chi connectivity index (χ3n) is 2.75. The van der Waals surface area contributed by atoms with Crippen molar-refractivity contribution >= 4 is 12.6 Å². The van der Waals surface area contributed by atoms with Crippen LogP contribution in [0.2, 0.25) is 0 Å². The minimum Gasteiger partial charge on any atom is -0.303 e. The Bertz CT molecular complexity index is 117. The highest BCUT2D eigenvalue weighted by atomic mass is 32.1. The van der Waals surface area contributed by atoms with E-state index in [2.05, 4.69) is 31.4 Å². The van der Waals surface area contributed by atoms with Crippen molar-refractivity contribution in [2.45, 2.75) is 26.7 Å². The van der Waals surface area contributed by atoms with E-state index in [1.54, 1.807) is 0 Å². The highest BCUT2D eigenvalue weighted by molar-refractivity contribution is 7.80. The van der Waals surface area contributed by atoms with Gasteiger partial charge in [0.2, 0.25) is 0 Å². The fourth-order valence-corrected chi connectivity index (χ4v) is 1.88. The van der Waals surface area contributed by atoms with Crippen molar-refractivity contribution in [1.82, 2.24) is 4.90 Å². The second kappa shape index (κ2) is 3.81. The van der Waals surface area contributed by atoms with Crippen molar-refractivity contribution in [3.8, 4) is 0 Å². The summed E-state index contributed by atoms with van der Waals surface area (Å²) in [6.45, 7) is 8.11. The number of hydrogen-bond donors (Lipinski definition) is 1. The molecule has 0 amide bonds. The fourth-order valence-electron chi connectivity index (χ4n) is 1.46. The molecule has 0 N–H and O–H groups in total. The molecule has 0 aromatic carbocycles. The summed E-state index contributed by atoms with van der Waals surface area (Å²) in [5.41, 5.74) is 0.606. The number of hydrogen-bond acceptors (Lipinski definition) is 2.